The van der Waals surface area contributed by atoms with Crippen LogP contribution in [0.5, 0.6) is 0 Å². The monoisotopic (exact) mass is 302 g/mol. The molecule has 0 amide bonds. The predicted octanol–water partition coefficient (Wildman–Crippen LogP) is 4.99. The maximum absolute atomic E-state index is 6.06. The maximum atomic E-state index is 6.06. The van der Waals surface area contributed by atoms with E-state index in [9.17, 15) is 0 Å². The molecule has 0 spiro atoms. The fourth-order valence-corrected chi connectivity index (χ4v) is 2.89. The Morgan fingerprint density at radius 3 is 2.13 bits per heavy atom. The van der Waals surface area contributed by atoms with Gasteiger partial charge in [0.25, 0.3) is 0 Å². The van der Waals surface area contributed by atoms with Crippen LogP contribution in [-0.2, 0) is 6.54 Å². The van der Waals surface area contributed by atoms with Crippen molar-refractivity contribution in [2.75, 3.05) is 5.32 Å². The van der Waals surface area contributed by atoms with Crippen molar-refractivity contribution >= 4 is 5.69 Å². The second-order valence-corrected chi connectivity index (χ2v) is 5.68. The van der Waals surface area contributed by atoms with E-state index >= 15 is 0 Å². The van der Waals surface area contributed by atoms with Crippen molar-refractivity contribution in [3.8, 4) is 11.1 Å². The molecule has 0 radical (unpaired) electrons. The Morgan fingerprint density at radius 1 is 0.826 bits per heavy atom. The van der Waals surface area contributed by atoms with Crippen molar-refractivity contribution in [1.82, 2.24) is 0 Å². The van der Waals surface area contributed by atoms with Crippen LogP contribution in [0.25, 0.3) is 11.1 Å². The Labute approximate surface area is 138 Å². The normalized spacial score (nSPS) is 11.9. The molecule has 2 heteroatoms. The second kappa shape index (κ2) is 7.12. The highest BCUT2D eigenvalue weighted by Crippen LogP contribution is 2.31. The van der Waals surface area contributed by atoms with E-state index in [1.165, 1.54) is 16.7 Å². The lowest BCUT2D eigenvalue weighted by molar-refractivity contribution is 0.878. The van der Waals surface area contributed by atoms with Gasteiger partial charge in [-0.3, -0.25) is 0 Å². The van der Waals surface area contributed by atoms with Crippen molar-refractivity contribution in [3.63, 3.8) is 0 Å². The third-order valence-corrected chi connectivity index (χ3v) is 4.14. The molecular formula is C21H22N2. The highest BCUT2D eigenvalue weighted by atomic mass is 14.9. The van der Waals surface area contributed by atoms with Crippen molar-refractivity contribution in [3.05, 3.63) is 90.0 Å². The molecule has 0 aliphatic carbocycles. The molecule has 0 saturated heterocycles. The standard InChI is InChI=1S/C21H22N2/c1-16(17-9-4-2-5-10-17)23-21-14-8-13-19(20(21)15-22)18-11-6-3-7-12-18/h2-14,16,23H,15,22H2,1H3. The Hall–Kier alpha value is -2.58. The van der Waals surface area contributed by atoms with Crippen molar-refractivity contribution in [2.45, 2.75) is 19.5 Å². The van der Waals surface area contributed by atoms with Gasteiger partial charge < -0.3 is 11.1 Å². The SMILES string of the molecule is CC(Nc1cccc(-c2ccccc2)c1CN)c1ccccc1. The topological polar surface area (TPSA) is 38.0 Å². The van der Waals surface area contributed by atoms with Gasteiger partial charge in [0.15, 0.2) is 0 Å². The number of nitrogens with one attached hydrogen (secondary N) is 1. The van der Waals surface area contributed by atoms with Crippen LogP contribution < -0.4 is 11.1 Å². The van der Waals surface area contributed by atoms with Crippen LogP contribution in [0.3, 0.4) is 0 Å². The van der Waals surface area contributed by atoms with Gasteiger partial charge in [0.2, 0.25) is 0 Å². The molecule has 1 atom stereocenters. The Bertz CT molecular complexity index is 751. The quantitative estimate of drug-likeness (QED) is 0.697. The minimum Gasteiger partial charge on any atom is -0.378 e. The first-order valence-electron chi connectivity index (χ1n) is 7.98. The number of anilines is 1. The van der Waals surface area contributed by atoms with Gasteiger partial charge >= 0.3 is 0 Å². The van der Waals surface area contributed by atoms with E-state index in [0.717, 1.165) is 11.3 Å². The lowest BCUT2D eigenvalue weighted by atomic mass is 9.97. The molecule has 0 saturated carbocycles. The molecule has 0 fully saturated rings. The maximum Gasteiger partial charge on any atom is 0.0485 e. The first-order chi connectivity index (χ1) is 11.3. The minimum atomic E-state index is 0.229. The number of rotatable bonds is 5. The fourth-order valence-electron chi connectivity index (χ4n) is 2.89. The smallest absolute Gasteiger partial charge is 0.0485 e. The van der Waals surface area contributed by atoms with Crippen LogP contribution in [-0.4, -0.2) is 0 Å². The Kier molecular flexibility index (Phi) is 4.74. The Balaban J connectivity index is 1.94. The average molecular weight is 302 g/mol. The molecule has 2 nitrogen and oxygen atoms in total. The summed E-state index contributed by atoms with van der Waals surface area (Å²) in [5.74, 6) is 0. The van der Waals surface area contributed by atoms with Crippen LogP contribution in [0.2, 0.25) is 0 Å². The number of benzene rings is 3. The minimum absolute atomic E-state index is 0.229. The number of nitrogens with two attached hydrogens (primary N) is 1. The predicted molar refractivity (Wildman–Crippen MR) is 98.2 cm³/mol. The molecular weight excluding hydrogens is 280 g/mol. The van der Waals surface area contributed by atoms with Gasteiger partial charge in [-0.2, -0.15) is 0 Å². The molecule has 0 aliphatic rings. The van der Waals surface area contributed by atoms with Crippen LogP contribution >= 0.6 is 0 Å². The van der Waals surface area contributed by atoms with Gasteiger partial charge in [0, 0.05) is 18.3 Å². The molecule has 3 aromatic rings. The largest absolute Gasteiger partial charge is 0.378 e. The summed E-state index contributed by atoms with van der Waals surface area (Å²) in [6.45, 7) is 2.68. The first-order valence-corrected chi connectivity index (χ1v) is 7.98. The van der Waals surface area contributed by atoms with E-state index in [1.807, 2.05) is 12.1 Å². The third kappa shape index (κ3) is 3.43. The second-order valence-electron chi connectivity index (χ2n) is 5.68. The van der Waals surface area contributed by atoms with E-state index in [2.05, 4.69) is 79.0 Å². The summed E-state index contributed by atoms with van der Waals surface area (Å²) < 4.78 is 0. The molecule has 1 unspecified atom stereocenters. The third-order valence-electron chi connectivity index (χ3n) is 4.14. The summed E-state index contributed by atoms with van der Waals surface area (Å²) in [5, 5.41) is 3.61. The van der Waals surface area contributed by atoms with E-state index in [1.54, 1.807) is 0 Å². The molecule has 0 aliphatic heterocycles. The van der Waals surface area contributed by atoms with Crippen molar-refractivity contribution in [1.29, 1.82) is 0 Å². The zero-order valence-electron chi connectivity index (χ0n) is 13.4. The van der Waals surface area contributed by atoms with Gasteiger partial charge in [0.1, 0.15) is 0 Å². The number of hydrogen-bond donors (Lipinski definition) is 2. The lowest BCUT2D eigenvalue weighted by Gasteiger charge is -2.20. The van der Waals surface area contributed by atoms with E-state index < -0.39 is 0 Å². The van der Waals surface area contributed by atoms with Crippen LogP contribution in [0.1, 0.15) is 24.1 Å². The van der Waals surface area contributed by atoms with Gasteiger partial charge in [-0.25, -0.2) is 0 Å². The van der Waals surface area contributed by atoms with Gasteiger partial charge in [-0.15, -0.1) is 0 Å². The van der Waals surface area contributed by atoms with Crippen molar-refractivity contribution < 1.29 is 0 Å². The molecule has 0 heterocycles. The first kappa shape index (κ1) is 15.3. The summed E-state index contributed by atoms with van der Waals surface area (Å²) in [7, 11) is 0. The molecule has 23 heavy (non-hydrogen) atoms. The highest BCUT2D eigenvalue weighted by Gasteiger charge is 2.11. The Morgan fingerprint density at radius 2 is 1.48 bits per heavy atom. The molecule has 0 bridgehead atoms. The number of hydrogen-bond acceptors (Lipinski definition) is 2. The summed E-state index contributed by atoms with van der Waals surface area (Å²) in [6, 6.07) is 27.4. The lowest BCUT2D eigenvalue weighted by Crippen LogP contribution is -2.11. The zero-order valence-corrected chi connectivity index (χ0v) is 13.4. The van der Waals surface area contributed by atoms with Crippen LogP contribution in [0, 0.1) is 0 Å². The highest BCUT2D eigenvalue weighted by molar-refractivity contribution is 5.74. The van der Waals surface area contributed by atoms with Crippen LogP contribution in [0.4, 0.5) is 5.69 Å². The van der Waals surface area contributed by atoms with E-state index in [4.69, 9.17) is 5.73 Å². The summed E-state index contributed by atoms with van der Waals surface area (Å²) in [5.41, 5.74) is 12.0. The zero-order chi connectivity index (χ0) is 16.1. The van der Waals surface area contributed by atoms with Gasteiger partial charge in [-0.05, 0) is 35.2 Å². The van der Waals surface area contributed by atoms with Gasteiger partial charge in [-0.1, -0.05) is 72.8 Å². The van der Waals surface area contributed by atoms with E-state index in [-0.39, 0.29) is 6.04 Å². The summed E-state index contributed by atoms with van der Waals surface area (Å²) in [4.78, 5) is 0. The average Bonchev–Trinajstić information content (AvgIpc) is 2.63. The van der Waals surface area contributed by atoms with Crippen molar-refractivity contribution in [2.24, 2.45) is 5.73 Å². The van der Waals surface area contributed by atoms with Crippen LogP contribution in [0.15, 0.2) is 78.9 Å². The summed E-state index contributed by atoms with van der Waals surface area (Å²) >= 11 is 0. The fraction of sp³-hybridized carbons (Fsp3) is 0.143. The van der Waals surface area contributed by atoms with Gasteiger partial charge in [0.05, 0.1) is 0 Å². The molecule has 116 valence electrons. The summed E-state index contributed by atoms with van der Waals surface area (Å²) in [6.07, 6.45) is 0. The van der Waals surface area contributed by atoms with E-state index in [0.29, 0.717) is 6.54 Å². The molecule has 3 aromatic carbocycles. The molecule has 3 N–H and O–H groups in total. The molecule has 3 rings (SSSR count). The molecule has 0 aromatic heterocycles.